The number of urea groups is 1. The number of amides is 2. The van der Waals surface area contributed by atoms with E-state index in [4.69, 9.17) is 5.73 Å². The molecule has 1 aromatic carbocycles. The third kappa shape index (κ3) is 3.24. The number of rotatable bonds is 5. The first-order chi connectivity index (χ1) is 12.8. The molecule has 0 aliphatic heterocycles. The Morgan fingerprint density at radius 1 is 1.25 bits per heavy atom. The lowest BCUT2D eigenvalue weighted by Gasteiger charge is -2.45. The molecular formula is C19H30N4O5. The molecule has 156 valence electrons. The van der Waals surface area contributed by atoms with Gasteiger partial charge in [-0.05, 0) is 32.9 Å². The summed E-state index contributed by atoms with van der Waals surface area (Å²) in [5.41, 5.74) is 1.80. The molecular weight excluding hydrogens is 364 g/mol. The molecule has 1 aliphatic carbocycles. The smallest absolute Gasteiger partial charge is 0.317 e. The fraction of sp³-hybridized carbons (Fsp3) is 0.579. The first-order valence-corrected chi connectivity index (χ1v) is 9.00. The molecule has 7 N–H and O–H groups in total. The molecule has 2 amide bonds. The van der Waals surface area contributed by atoms with Gasteiger partial charge in [-0.1, -0.05) is 12.1 Å². The molecule has 5 atom stereocenters. The summed E-state index contributed by atoms with van der Waals surface area (Å²) in [4.78, 5) is 25.2. The molecule has 28 heavy (non-hydrogen) atoms. The maximum absolute atomic E-state index is 12.3. The largest absolute Gasteiger partial charge is 0.393 e. The van der Waals surface area contributed by atoms with Gasteiger partial charge in [0, 0.05) is 25.3 Å². The number of carbonyl (C=O) groups excluding carboxylic acids is 2. The SMILES string of the molecule is CC(=O)c1cccc(NC2C(N)C(C)(NC(=O)N(C)C)C(C)(O)C2(O)CO)c1. The molecule has 9 heteroatoms. The Hall–Kier alpha value is -2.20. The van der Waals surface area contributed by atoms with Crippen LogP contribution in [0.25, 0.3) is 0 Å². The molecule has 5 unspecified atom stereocenters. The molecule has 1 fully saturated rings. The summed E-state index contributed by atoms with van der Waals surface area (Å²) in [6, 6.07) is 4.08. The van der Waals surface area contributed by atoms with Crippen LogP contribution in [0.1, 0.15) is 31.1 Å². The van der Waals surface area contributed by atoms with Gasteiger partial charge in [-0.25, -0.2) is 4.79 Å². The third-order valence-corrected chi connectivity index (χ3v) is 6.00. The van der Waals surface area contributed by atoms with Gasteiger partial charge in [-0.15, -0.1) is 0 Å². The monoisotopic (exact) mass is 394 g/mol. The van der Waals surface area contributed by atoms with Gasteiger partial charge in [-0.3, -0.25) is 4.79 Å². The Balaban J connectivity index is 2.47. The molecule has 1 saturated carbocycles. The number of ketones is 1. The number of Topliss-reactive ketones (excluding diaryl/α,β-unsaturated/α-hetero) is 1. The number of carbonyl (C=O) groups is 2. The van der Waals surface area contributed by atoms with Crippen LogP contribution in [0.3, 0.4) is 0 Å². The summed E-state index contributed by atoms with van der Waals surface area (Å²) < 4.78 is 0. The van der Waals surface area contributed by atoms with Crippen LogP contribution in [0.5, 0.6) is 0 Å². The first kappa shape index (κ1) is 22.1. The van der Waals surface area contributed by atoms with Crippen molar-refractivity contribution >= 4 is 17.5 Å². The summed E-state index contributed by atoms with van der Waals surface area (Å²) in [6.07, 6.45) is 0. The molecule has 1 aliphatic rings. The van der Waals surface area contributed by atoms with Crippen molar-refractivity contribution in [3.05, 3.63) is 29.8 Å². The highest BCUT2D eigenvalue weighted by atomic mass is 16.4. The normalized spacial score (nSPS) is 34.8. The average Bonchev–Trinajstić information content (AvgIpc) is 2.73. The van der Waals surface area contributed by atoms with Crippen LogP contribution in [0, 0.1) is 0 Å². The first-order valence-electron chi connectivity index (χ1n) is 9.00. The molecule has 0 aromatic heterocycles. The summed E-state index contributed by atoms with van der Waals surface area (Å²) in [5, 5.41) is 38.1. The topological polar surface area (TPSA) is 148 Å². The van der Waals surface area contributed by atoms with Crippen LogP contribution in [-0.2, 0) is 0 Å². The molecule has 0 radical (unpaired) electrons. The van der Waals surface area contributed by atoms with E-state index in [0.29, 0.717) is 11.3 Å². The standard InChI is InChI=1S/C19H30N4O5/c1-11(25)12-7-6-8-13(9-12)21-15-14(20)17(2,22-16(26)23(4)5)18(3,27)19(15,28)10-24/h6-9,14-15,21,24,27-28H,10,20H2,1-5H3,(H,22,26). The van der Waals surface area contributed by atoms with Crippen LogP contribution in [0.2, 0.25) is 0 Å². The lowest BCUT2D eigenvalue weighted by Crippen LogP contribution is -2.70. The summed E-state index contributed by atoms with van der Waals surface area (Å²) in [6.45, 7) is 3.48. The zero-order valence-corrected chi connectivity index (χ0v) is 16.9. The van der Waals surface area contributed by atoms with Crippen molar-refractivity contribution in [1.82, 2.24) is 10.2 Å². The number of nitrogens with two attached hydrogens (primary N) is 1. The van der Waals surface area contributed by atoms with E-state index in [1.54, 1.807) is 24.3 Å². The zero-order valence-electron chi connectivity index (χ0n) is 16.9. The number of nitrogens with one attached hydrogen (secondary N) is 2. The highest BCUT2D eigenvalue weighted by Crippen LogP contribution is 2.46. The number of hydrogen-bond acceptors (Lipinski definition) is 7. The van der Waals surface area contributed by atoms with Crippen molar-refractivity contribution in [2.24, 2.45) is 5.73 Å². The van der Waals surface area contributed by atoms with Crippen LogP contribution >= 0.6 is 0 Å². The number of anilines is 1. The van der Waals surface area contributed by atoms with Crippen LogP contribution in [-0.4, -0.2) is 81.6 Å². The second kappa shape index (κ2) is 7.32. The van der Waals surface area contributed by atoms with E-state index in [-0.39, 0.29) is 5.78 Å². The fourth-order valence-electron chi connectivity index (χ4n) is 3.72. The van der Waals surface area contributed by atoms with E-state index in [1.807, 2.05) is 0 Å². The molecule has 0 heterocycles. The van der Waals surface area contributed by atoms with Gasteiger partial charge in [0.2, 0.25) is 0 Å². The van der Waals surface area contributed by atoms with E-state index < -0.39 is 41.5 Å². The van der Waals surface area contributed by atoms with Crippen molar-refractivity contribution in [2.45, 2.75) is 49.6 Å². The van der Waals surface area contributed by atoms with Gasteiger partial charge in [0.25, 0.3) is 0 Å². The minimum Gasteiger partial charge on any atom is -0.393 e. The summed E-state index contributed by atoms with van der Waals surface area (Å²) in [5.74, 6) is -0.133. The van der Waals surface area contributed by atoms with E-state index in [2.05, 4.69) is 10.6 Å². The molecule has 0 bridgehead atoms. The predicted molar refractivity (Wildman–Crippen MR) is 105 cm³/mol. The number of aliphatic hydroxyl groups is 3. The fourth-order valence-corrected chi connectivity index (χ4v) is 3.72. The number of nitrogens with zero attached hydrogens (tertiary/aromatic N) is 1. The van der Waals surface area contributed by atoms with Crippen LogP contribution in [0.4, 0.5) is 10.5 Å². The average molecular weight is 394 g/mol. The van der Waals surface area contributed by atoms with Gasteiger partial charge in [-0.2, -0.15) is 0 Å². The van der Waals surface area contributed by atoms with E-state index in [9.17, 15) is 24.9 Å². The number of hydrogen-bond donors (Lipinski definition) is 6. The number of benzene rings is 1. The van der Waals surface area contributed by atoms with Gasteiger partial charge < -0.3 is 36.6 Å². The summed E-state index contributed by atoms with van der Waals surface area (Å²) >= 11 is 0. The molecule has 0 saturated heterocycles. The Morgan fingerprint density at radius 2 is 1.86 bits per heavy atom. The molecule has 2 rings (SSSR count). The maximum Gasteiger partial charge on any atom is 0.317 e. The van der Waals surface area contributed by atoms with Gasteiger partial charge >= 0.3 is 6.03 Å². The zero-order chi connectivity index (χ0) is 21.5. The Labute approximate surface area is 164 Å². The molecule has 0 spiro atoms. The van der Waals surface area contributed by atoms with E-state index in [1.165, 1.54) is 39.8 Å². The highest BCUT2D eigenvalue weighted by Gasteiger charge is 2.72. The van der Waals surface area contributed by atoms with Crippen molar-refractivity contribution < 1.29 is 24.9 Å². The molecule has 9 nitrogen and oxygen atoms in total. The lowest BCUT2D eigenvalue weighted by molar-refractivity contribution is -0.168. The van der Waals surface area contributed by atoms with Crippen LogP contribution in [0.15, 0.2) is 24.3 Å². The lowest BCUT2D eigenvalue weighted by atomic mass is 9.77. The van der Waals surface area contributed by atoms with Crippen molar-refractivity contribution in [1.29, 1.82) is 0 Å². The van der Waals surface area contributed by atoms with Crippen molar-refractivity contribution in [3.63, 3.8) is 0 Å². The van der Waals surface area contributed by atoms with Crippen molar-refractivity contribution in [3.8, 4) is 0 Å². The third-order valence-electron chi connectivity index (χ3n) is 6.00. The van der Waals surface area contributed by atoms with E-state index >= 15 is 0 Å². The van der Waals surface area contributed by atoms with Crippen LogP contribution < -0.4 is 16.4 Å². The highest BCUT2D eigenvalue weighted by molar-refractivity contribution is 5.94. The minimum atomic E-state index is -2.08. The van der Waals surface area contributed by atoms with Gasteiger partial charge in [0.15, 0.2) is 5.78 Å². The number of aliphatic hydroxyl groups excluding tert-OH is 1. The second-order valence-corrected chi connectivity index (χ2v) is 7.97. The Morgan fingerprint density at radius 3 is 2.36 bits per heavy atom. The maximum atomic E-state index is 12.3. The molecule has 1 aromatic rings. The minimum absolute atomic E-state index is 0.133. The second-order valence-electron chi connectivity index (χ2n) is 7.97. The van der Waals surface area contributed by atoms with Crippen molar-refractivity contribution in [2.75, 3.05) is 26.0 Å². The van der Waals surface area contributed by atoms with Gasteiger partial charge in [0.05, 0.1) is 24.2 Å². The quantitative estimate of drug-likeness (QED) is 0.369. The predicted octanol–water partition coefficient (Wildman–Crippen LogP) is -0.485. The van der Waals surface area contributed by atoms with Gasteiger partial charge in [0.1, 0.15) is 11.2 Å². The van der Waals surface area contributed by atoms with E-state index in [0.717, 1.165) is 0 Å². The summed E-state index contributed by atoms with van der Waals surface area (Å²) in [7, 11) is 3.07. The Bertz CT molecular complexity index is 768. The Kier molecular flexibility index (Phi) is 5.78.